The lowest BCUT2D eigenvalue weighted by Crippen LogP contribution is -2.26. The van der Waals surface area contributed by atoms with Gasteiger partial charge in [0.2, 0.25) is 0 Å². The molecule has 1 aliphatic rings. The average molecular weight is 245 g/mol. The van der Waals surface area contributed by atoms with E-state index >= 15 is 0 Å². The van der Waals surface area contributed by atoms with Crippen LogP contribution in [0.5, 0.6) is 0 Å². The second-order valence-electron chi connectivity index (χ2n) is 5.57. The molecule has 0 heterocycles. The second-order valence-corrected chi connectivity index (χ2v) is 5.57. The molecule has 0 amide bonds. The quantitative estimate of drug-likeness (QED) is 0.869. The van der Waals surface area contributed by atoms with E-state index in [4.69, 9.17) is 0 Å². The summed E-state index contributed by atoms with van der Waals surface area (Å²) in [6, 6.07) is 8.55. The van der Waals surface area contributed by atoms with Gasteiger partial charge in [-0.05, 0) is 36.5 Å². The van der Waals surface area contributed by atoms with Crippen molar-refractivity contribution < 1.29 is 4.79 Å². The maximum Gasteiger partial charge on any atom is 0.137 e. The fourth-order valence-electron chi connectivity index (χ4n) is 2.50. The van der Waals surface area contributed by atoms with Crippen LogP contribution in [-0.4, -0.2) is 12.3 Å². The molecular weight excluding hydrogens is 222 g/mol. The van der Waals surface area contributed by atoms with Gasteiger partial charge in [0.1, 0.15) is 5.78 Å². The van der Waals surface area contributed by atoms with E-state index in [0.29, 0.717) is 11.7 Å². The zero-order valence-corrected chi connectivity index (χ0v) is 11.4. The first kappa shape index (κ1) is 13.1. The standard InChI is InChI=1S/C16H23NO/c1-12(2)13-7-9-15(10-8-13)17-11-14-5-3-4-6-16(14)18/h7-10,12,14,17H,3-6,11H2,1-2H3/t14-/m0/s1. The summed E-state index contributed by atoms with van der Waals surface area (Å²) in [6.07, 6.45) is 4.11. The summed E-state index contributed by atoms with van der Waals surface area (Å²) in [6.45, 7) is 5.19. The molecule has 0 spiro atoms. The van der Waals surface area contributed by atoms with Gasteiger partial charge >= 0.3 is 0 Å². The first-order chi connectivity index (χ1) is 8.66. The molecule has 2 heteroatoms. The van der Waals surface area contributed by atoms with Crippen molar-refractivity contribution in [3.05, 3.63) is 29.8 Å². The Balaban J connectivity index is 1.87. The van der Waals surface area contributed by atoms with Gasteiger partial charge in [-0.15, -0.1) is 0 Å². The SMILES string of the molecule is CC(C)c1ccc(NC[C@@H]2CCCCC2=O)cc1. The summed E-state index contributed by atoms with van der Waals surface area (Å²) in [4.78, 5) is 11.7. The molecular formula is C16H23NO. The Hall–Kier alpha value is -1.31. The van der Waals surface area contributed by atoms with Crippen molar-refractivity contribution >= 4 is 11.5 Å². The van der Waals surface area contributed by atoms with Gasteiger partial charge in [0.05, 0.1) is 0 Å². The third-order valence-electron chi connectivity index (χ3n) is 3.81. The molecule has 98 valence electrons. The molecule has 1 N–H and O–H groups in total. The molecule has 2 nitrogen and oxygen atoms in total. The maximum absolute atomic E-state index is 11.7. The molecule has 1 saturated carbocycles. The molecule has 0 aromatic heterocycles. The van der Waals surface area contributed by atoms with Gasteiger partial charge in [-0.1, -0.05) is 32.4 Å². The highest BCUT2D eigenvalue weighted by atomic mass is 16.1. The monoisotopic (exact) mass is 245 g/mol. The Kier molecular flexibility index (Phi) is 4.40. The number of carbonyl (C=O) groups excluding carboxylic acids is 1. The number of carbonyl (C=O) groups is 1. The lowest BCUT2D eigenvalue weighted by molar-refractivity contribution is -0.124. The van der Waals surface area contributed by atoms with Crippen LogP contribution in [0.15, 0.2) is 24.3 Å². The molecule has 0 bridgehead atoms. The van der Waals surface area contributed by atoms with E-state index in [1.807, 2.05) is 0 Å². The van der Waals surface area contributed by atoms with Gasteiger partial charge in [0.15, 0.2) is 0 Å². The Morgan fingerprint density at radius 2 is 1.94 bits per heavy atom. The van der Waals surface area contributed by atoms with Gasteiger partial charge in [-0.25, -0.2) is 0 Å². The van der Waals surface area contributed by atoms with Gasteiger partial charge in [-0.3, -0.25) is 4.79 Å². The molecule has 1 aromatic carbocycles. The minimum atomic E-state index is 0.225. The van der Waals surface area contributed by atoms with Crippen molar-refractivity contribution in [2.45, 2.75) is 45.4 Å². The van der Waals surface area contributed by atoms with Crippen molar-refractivity contribution in [3.8, 4) is 0 Å². The summed E-state index contributed by atoms with van der Waals surface area (Å²) in [7, 11) is 0. The molecule has 1 aromatic rings. The highest BCUT2D eigenvalue weighted by Gasteiger charge is 2.21. The number of hydrogen-bond donors (Lipinski definition) is 1. The minimum absolute atomic E-state index is 0.225. The van der Waals surface area contributed by atoms with Crippen LogP contribution >= 0.6 is 0 Å². The zero-order chi connectivity index (χ0) is 13.0. The van der Waals surface area contributed by atoms with Crippen LogP contribution in [0.25, 0.3) is 0 Å². The molecule has 0 unspecified atom stereocenters. The van der Waals surface area contributed by atoms with Gasteiger partial charge in [-0.2, -0.15) is 0 Å². The number of benzene rings is 1. The third kappa shape index (κ3) is 3.34. The number of rotatable bonds is 4. The van der Waals surface area contributed by atoms with Crippen molar-refractivity contribution in [1.29, 1.82) is 0 Å². The van der Waals surface area contributed by atoms with Crippen LogP contribution in [0, 0.1) is 5.92 Å². The second kappa shape index (κ2) is 6.03. The van der Waals surface area contributed by atoms with Crippen LogP contribution in [0.4, 0.5) is 5.69 Å². The third-order valence-corrected chi connectivity index (χ3v) is 3.81. The topological polar surface area (TPSA) is 29.1 Å². The molecule has 0 saturated heterocycles. The number of ketones is 1. The summed E-state index contributed by atoms with van der Waals surface area (Å²) in [5, 5.41) is 3.39. The predicted octanol–water partition coefficient (Wildman–Crippen LogP) is 3.98. The Morgan fingerprint density at radius 1 is 1.22 bits per heavy atom. The number of hydrogen-bond acceptors (Lipinski definition) is 2. The van der Waals surface area contributed by atoms with Crippen molar-refractivity contribution in [2.24, 2.45) is 5.92 Å². The van der Waals surface area contributed by atoms with Crippen LogP contribution < -0.4 is 5.32 Å². The van der Waals surface area contributed by atoms with Crippen molar-refractivity contribution in [3.63, 3.8) is 0 Å². The molecule has 1 aliphatic carbocycles. The maximum atomic E-state index is 11.7. The zero-order valence-electron chi connectivity index (χ0n) is 11.4. The number of Topliss-reactive ketones (excluding diaryl/α,β-unsaturated/α-hetero) is 1. The molecule has 18 heavy (non-hydrogen) atoms. The van der Waals surface area contributed by atoms with Crippen molar-refractivity contribution in [1.82, 2.24) is 0 Å². The van der Waals surface area contributed by atoms with Gasteiger partial charge < -0.3 is 5.32 Å². The number of nitrogens with one attached hydrogen (secondary N) is 1. The lowest BCUT2D eigenvalue weighted by atomic mass is 9.88. The first-order valence-corrected chi connectivity index (χ1v) is 7.03. The minimum Gasteiger partial charge on any atom is -0.384 e. The van der Waals surface area contributed by atoms with Crippen LogP contribution in [-0.2, 0) is 4.79 Å². The summed E-state index contributed by atoms with van der Waals surface area (Å²) >= 11 is 0. The highest BCUT2D eigenvalue weighted by Crippen LogP contribution is 2.22. The Labute approximate surface area is 110 Å². The largest absolute Gasteiger partial charge is 0.384 e. The molecule has 0 radical (unpaired) electrons. The van der Waals surface area contributed by atoms with Crippen molar-refractivity contribution in [2.75, 3.05) is 11.9 Å². The van der Waals surface area contributed by atoms with Gasteiger partial charge in [0.25, 0.3) is 0 Å². The Bertz CT molecular complexity index is 394. The lowest BCUT2D eigenvalue weighted by Gasteiger charge is -2.21. The summed E-state index contributed by atoms with van der Waals surface area (Å²) in [5.41, 5.74) is 2.48. The molecule has 1 fully saturated rings. The van der Waals surface area contributed by atoms with E-state index in [0.717, 1.165) is 31.5 Å². The van der Waals surface area contributed by atoms with Crippen LogP contribution in [0.2, 0.25) is 0 Å². The van der Waals surface area contributed by atoms with Crippen LogP contribution in [0.3, 0.4) is 0 Å². The molecule has 2 rings (SSSR count). The highest BCUT2D eigenvalue weighted by molar-refractivity contribution is 5.82. The summed E-state index contributed by atoms with van der Waals surface area (Å²) < 4.78 is 0. The van der Waals surface area contributed by atoms with E-state index < -0.39 is 0 Å². The molecule has 1 atom stereocenters. The van der Waals surface area contributed by atoms with E-state index in [9.17, 15) is 4.79 Å². The molecule has 0 aliphatic heterocycles. The Morgan fingerprint density at radius 3 is 2.56 bits per heavy atom. The number of anilines is 1. The van der Waals surface area contributed by atoms with E-state index in [1.165, 1.54) is 12.0 Å². The normalized spacial score (nSPS) is 20.2. The fraction of sp³-hybridized carbons (Fsp3) is 0.562. The predicted molar refractivity (Wildman–Crippen MR) is 76.0 cm³/mol. The average Bonchev–Trinajstić information content (AvgIpc) is 2.38. The van der Waals surface area contributed by atoms with Gasteiger partial charge in [0, 0.05) is 24.6 Å². The smallest absolute Gasteiger partial charge is 0.137 e. The summed E-state index contributed by atoms with van der Waals surface area (Å²) in [5.74, 6) is 1.23. The first-order valence-electron chi connectivity index (χ1n) is 7.03. The van der Waals surface area contributed by atoms with E-state index in [1.54, 1.807) is 0 Å². The van der Waals surface area contributed by atoms with Crippen LogP contribution in [0.1, 0.15) is 51.0 Å². The fourth-order valence-corrected chi connectivity index (χ4v) is 2.50. The van der Waals surface area contributed by atoms with E-state index in [2.05, 4.69) is 43.4 Å². The van der Waals surface area contributed by atoms with E-state index in [-0.39, 0.29) is 5.92 Å².